The lowest BCUT2D eigenvalue weighted by Crippen LogP contribution is -2.40. The van der Waals surface area contributed by atoms with Crippen LogP contribution in [-0.2, 0) is 0 Å². The third-order valence-corrected chi connectivity index (χ3v) is 2.84. The Morgan fingerprint density at radius 2 is 2.50 bits per heavy atom. The molecule has 0 aliphatic carbocycles. The molecule has 4 heteroatoms. The van der Waals surface area contributed by atoms with Gasteiger partial charge in [-0.05, 0) is 25.4 Å². The van der Waals surface area contributed by atoms with Crippen LogP contribution in [0, 0.1) is 0 Å². The third-order valence-electron chi connectivity index (χ3n) is 2.19. The van der Waals surface area contributed by atoms with Gasteiger partial charge in [-0.2, -0.15) is 11.8 Å². The van der Waals surface area contributed by atoms with Crippen LogP contribution in [0.25, 0.3) is 0 Å². The van der Waals surface area contributed by atoms with Crippen molar-refractivity contribution in [2.75, 3.05) is 25.1 Å². The first-order valence-corrected chi connectivity index (χ1v) is 5.74. The van der Waals surface area contributed by atoms with Crippen LogP contribution in [0.4, 0.5) is 0 Å². The van der Waals surface area contributed by atoms with Gasteiger partial charge in [0.25, 0.3) is 0 Å². The fraction of sp³-hybridized carbons (Fsp3) is 0.875. The number of guanidine groups is 1. The SMILES string of the molecule is CCN1C(N)=NCC1CCSC. The summed E-state index contributed by atoms with van der Waals surface area (Å²) in [6.07, 6.45) is 3.33. The van der Waals surface area contributed by atoms with Gasteiger partial charge in [-0.15, -0.1) is 0 Å². The molecule has 2 N–H and O–H groups in total. The van der Waals surface area contributed by atoms with E-state index in [4.69, 9.17) is 5.73 Å². The quantitative estimate of drug-likeness (QED) is 0.706. The molecule has 1 aliphatic heterocycles. The van der Waals surface area contributed by atoms with Crippen molar-refractivity contribution in [3.63, 3.8) is 0 Å². The zero-order valence-electron chi connectivity index (χ0n) is 7.79. The Bertz CT molecular complexity index is 170. The van der Waals surface area contributed by atoms with Crippen LogP contribution < -0.4 is 5.73 Å². The molecule has 12 heavy (non-hydrogen) atoms. The van der Waals surface area contributed by atoms with E-state index >= 15 is 0 Å². The highest BCUT2D eigenvalue weighted by atomic mass is 32.2. The number of thioether (sulfide) groups is 1. The lowest BCUT2D eigenvalue weighted by atomic mass is 10.2. The Balaban J connectivity index is 2.37. The first-order chi connectivity index (χ1) is 5.79. The zero-order valence-corrected chi connectivity index (χ0v) is 8.60. The highest BCUT2D eigenvalue weighted by Gasteiger charge is 2.23. The molecule has 0 bridgehead atoms. The normalized spacial score (nSPS) is 23.0. The molecule has 70 valence electrons. The monoisotopic (exact) mass is 187 g/mol. The van der Waals surface area contributed by atoms with Crippen molar-refractivity contribution >= 4 is 17.7 Å². The minimum Gasteiger partial charge on any atom is -0.370 e. The molecule has 0 radical (unpaired) electrons. The van der Waals surface area contributed by atoms with Crippen LogP contribution >= 0.6 is 11.8 Å². The van der Waals surface area contributed by atoms with Crippen molar-refractivity contribution in [2.24, 2.45) is 10.7 Å². The van der Waals surface area contributed by atoms with Gasteiger partial charge in [0.15, 0.2) is 5.96 Å². The van der Waals surface area contributed by atoms with Crippen molar-refractivity contribution in [1.82, 2.24) is 4.90 Å². The Labute approximate surface area is 78.4 Å². The second-order valence-electron chi connectivity index (χ2n) is 2.92. The van der Waals surface area contributed by atoms with Crippen molar-refractivity contribution in [3.8, 4) is 0 Å². The fourth-order valence-electron chi connectivity index (χ4n) is 1.50. The van der Waals surface area contributed by atoms with E-state index in [1.807, 2.05) is 11.8 Å². The summed E-state index contributed by atoms with van der Waals surface area (Å²) in [5.41, 5.74) is 5.72. The van der Waals surface area contributed by atoms with Gasteiger partial charge >= 0.3 is 0 Å². The first kappa shape index (κ1) is 9.71. The molecule has 0 aromatic heterocycles. The maximum Gasteiger partial charge on any atom is 0.191 e. The highest BCUT2D eigenvalue weighted by molar-refractivity contribution is 7.98. The molecule has 1 heterocycles. The van der Waals surface area contributed by atoms with Gasteiger partial charge in [-0.3, -0.25) is 4.99 Å². The van der Waals surface area contributed by atoms with Crippen LogP contribution in [0.15, 0.2) is 4.99 Å². The zero-order chi connectivity index (χ0) is 8.97. The van der Waals surface area contributed by atoms with Gasteiger partial charge in [0, 0.05) is 6.54 Å². The van der Waals surface area contributed by atoms with Gasteiger partial charge in [-0.1, -0.05) is 0 Å². The molecule has 0 aromatic carbocycles. The summed E-state index contributed by atoms with van der Waals surface area (Å²) in [5.74, 6) is 1.92. The average Bonchev–Trinajstić information content (AvgIpc) is 2.43. The van der Waals surface area contributed by atoms with E-state index in [-0.39, 0.29) is 0 Å². The number of rotatable bonds is 4. The molecule has 0 saturated carbocycles. The second kappa shape index (κ2) is 4.60. The molecular formula is C8H17N3S. The Kier molecular flexibility index (Phi) is 3.72. The average molecular weight is 187 g/mol. The highest BCUT2D eigenvalue weighted by Crippen LogP contribution is 2.13. The first-order valence-electron chi connectivity index (χ1n) is 4.35. The second-order valence-corrected chi connectivity index (χ2v) is 3.91. The molecule has 1 rings (SSSR count). The van der Waals surface area contributed by atoms with E-state index in [0.717, 1.165) is 19.0 Å². The summed E-state index contributed by atoms with van der Waals surface area (Å²) >= 11 is 1.88. The van der Waals surface area contributed by atoms with E-state index in [0.29, 0.717) is 6.04 Å². The lowest BCUT2D eigenvalue weighted by Gasteiger charge is -2.24. The topological polar surface area (TPSA) is 41.6 Å². The van der Waals surface area contributed by atoms with Crippen molar-refractivity contribution in [1.29, 1.82) is 0 Å². The number of hydrogen-bond acceptors (Lipinski definition) is 4. The Hall–Kier alpha value is -0.380. The predicted molar refractivity (Wildman–Crippen MR) is 55.7 cm³/mol. The summed E-state index contributed by atoms with van der Waals surface area (Å²) in [5, 5.41) is 0. The van der Waals surface area contributed by atoms with Gasteiger partial charge < -0.3 is 10.6 Å². The summed E-state index contributed by atoms with van der Waals surface area (Å²) in [6.45, 7) is 3.99. The molecule has 0 saturated heterocycles. The van der Waals surface area contributed by atoms with Gasteiger partial charge in [0.05, 0.1) is 12.6 Å². The van der Waals surface area contributed by atoms with Crippen LogP contribution in [0.1, 0.15) is 13.3 Å². The minimum atomic E-state index is 0.558. The van der Waals surface area contributed by atoms with E-state index in [2.05, 4.69) is 23.1 Å². The molecule has 0 aromatic rings. The molecule has 0 spiro atoms. The van der Waals surface area contributed by atoms with E-state index in [1.165, 1.54) is 12.2 Å². The Morgan fingerprint density at radius 3 is 3.08 bits per heavy atom. The van der Waals surface area contributed by atoms with Crippen LogP contribution in [0.2, 0.25) is 0 Å². The molecular weight excluding hydrogens is 170 g/mol. The van der Waals surface area contributed by atoms with Crippen molar-refractivity contribution < 1.29 is 0 Å². The molecule has 0 amide bonds. The van der Waals surface area contributed by atoms with Crippen LogP contribution in [0.5, 0.6) is 0 Å². The fourth-order valence-corrected chi connectivity index (χ4v) is 2.00. The molecule has 3 nitrogen and oxygen atoms in total. The summed E-state index contributed by atoms with van der Waals surface area (Å²) in [6, 6.07) is 0.558. The Morgan fingerprint density at radius 1 is 1.75 bits per heavy atom. The molecule has 1 atom stereocenters. The number of nitrogens with zero attached hydrogens (tertiary/aromatic N) is 2. The molecule has 0 fully saturated rings. The van der Waals surface area contributed by atoms with Crippen LogP contribution in [0.3, 0.4) is 0 Å². The lowest BCUT2D eigenvalue weighted by molar-refractivity contribution is 0.349. The number of nitrogens with two attached hydrogens (primary N) is 1. The van der Waals surface area contributed by atoms with Gasteiger partial charge in [-0.25, -0.2) is 0 Å². The van der Waals surface area contributed by atoms with E-state index in [1.54, 1.807) is 0 Å². The van der Waals surface area contributed by atoms with Crippen LogP contribution in [-0.4, -0.2) is 42.0 Å². The number of likely N-dealkylation sites (N-methyl/N-ethyl adjacent to an activating group) is 1. The summed E-state index contributed by atoms with van der Waals surface area (Å²) < 4.78 is 0. The van der Waals surface area contributed by atoms with E-state index < -0.39 is 0 Å². The minimum absolute atomic E-state index is 0.558. The predicted octanol–water partition coefficient (Wildman–Crippen LogP) is 0.758. The molecule has 1 aliphatic rings. The number of hydrogen-bond donors (Lipinski definition) is 1. The smallest absolute Gasteiger partial charge is 0.191 e. The summed E-state index contributed by atoms with van der Waals surface area (Å²) in [4.78, 5) is 6.42. The van der Waals surface area contributed by atoms with Crippen molar-refractivity contribution in [2.45, 2.75) is 19.4 Å². The maximum atomic E-state index is 5.72. The maximum absolute atomic E-state index is 5.72. The summed E-state index contributed by atoms with van der Waals surface area (Å²) in [7, 11) is 0. The molecule has 1 unspecified atom stereocenters. The third kappa shape index (κ3) is 2.06. The largest absolute Gasteiger partial charge is 0.370 e. The number of aliphatic imine (C=N–C) groups is 1. The standard InChI is InChI=1S/C8H17N3S/c1-3-11-7(4-5-12-2)6-10-8(11)9/h7H,3-6H2,1-2H3,(H2,9,10). The van der Waals surface area contributed by atoms with Crippen molar-refractivity contribution in [3.05, 3.63) is 0 Å². The van der Waals surface area contributed by atoms with Gasteiger partial charge in [0.1, 0.15) is 0 Å². The van der Waals surface area contributed by atoms with E-state index in [9.17, 15) is 0 Å². The van der Waals surface area contributed by atoms with Gasteiger partial charge in [0.2, 0.25) is 0 Å².